The van der Waals surface area contributed by atoms with E-state index in [1.165, 1.54) is 5.56 Å². The number of nitrogens with zero attached hydrogens (tertiary/aromatic N) is 2. The topological polar surface area (TPSA) is 51.1 Å². The average Bonchev–Trinajstić information content (AvgIpc) is 2.92. The minimum atomic E-state index is 0.103. The predicted molar refractivity (Wildman–Crippen MR) is 88.0 cm³/mol. The fourth-order valence-corrected chi connectivity index (χ4v) is 4.44. The number of likely N-dealkylation sites (tertiary alicyclic amines) is 1. The van der Waals surface area contributed by atoms with Crippen molar-refractivity contribution in [2.75, 3.05) is 27.8 Å². The molecule has 3 rings (SSSR count). The Morgan fingerprint density at radius 2 is 2.04 bits per heavy atom. The van der Waals surface area contributed by atoms with Crippen molar-refractivity contribution in [2.24, 2.45) is 4.99 Å². The molecule has 1 saturated carbocycles. The molecule has 0 aromatic heterocycles. The van der Waals surface area contributed by atoms with Gasteiger partial charge in [-0.1, -0.05) is 6.07 Å². The molecule has 1 aromatic carbocycles. The van der Waals surface area contributed by atoms with Crippen LogP contribution in [0.1, 0.15) is 31.2 Å². The summed E-state index contributed by atoms with van der Waals surface area (Å²) in [6.07, 6.45) is 5.75. The van der Waals surface area contributed by atoms with E-state index in [1.807, 2.05) is 6.07 Å². The lowest BCUT2D eigenvalue weighted by molar-refractivity contribution is 0.168. The van der Waals surface area contributed by atoms with Crippen LogP contribution in [-0.2, 0) is 10.2 Å². The fourth-order valence-electron chi connectivity index (χ4n) is 4.44. The maximum Gasteiger partial charge on any atom is 0.235 e. The second-order valence-corrected chi connectivity index (χ2v) is 6.62. The van der Waals surface area contributed by atoms with E-state index in [9.17, 15) is 4.79 Å². The first-order valence-electron chi connectivity index (χ1n) is 8.14. The summed E-state index contributed by atoms with van der Waals surface area (Å²) in [7, 11) is 5.50. The molecule has 1 aliphatic carbocycles. The van der Waals surface area contributed by atoms with Crippen LogP contribution in [0.15, 0.2) is 23.2 Å². The fraction of sp³-hybridized carbons (Fsp3) is 0.611. The molecule has 3 unspecified atom stereocenters. The average molecular weight is 316 g/mol. The van der Waals surface area contributed by atoms with Gasteiger partial charge in [0.2, 0.25) is 6.08 Å². The number of fused-ring (bicyclic) bond motifs is 1. The van der Waals surface area contributed by atoms with Crippen molar-refractivity contribution >= 4 is 6.08 Å². The molecular weight excluding hydrogens is 292 g/mol. The molecule has 1 heterocycles. The number of carbonyl (C=O) groups excluding carboxylic acids is 1. The zero-order valence-corrected chi connectivity index (χ0v) is 14.0. The number of ether oxygens (including phenoxy) is 2. The quantitative estimate of drug-likeness (QED) is 0.633. The van der Waals surface area contributed by atoms with Crippen molar-refractivity contribution in [2.45, 2.75) is 43.2 Å². The molecule has 2 aliphatic rings. The van der Waals surface area contributed by atoms with Crippen molar-refractivity contribution in [3.8, 4) is 11.5 Å². The van der Waals surface area contributed by atoms with E-state index in [0.29, 0.717) is 6.04 Å². The third-order valence-corrected chi connectivity index (χ3v) is 5.69. The number of likely N-dealkylation sites (N-methyl/N-ethyl adjacent to an activating group) is 1. The number of hydrogen-bond acceptors (Lipinski definition) is 5. The zero-order chi connectivity index (χ0) is 16.4. The Labute approximate surface area is 137 Å². The summed E-state index contributed by atoms with van der Waals surface area (Å²) in [4.78, 5) is 17.0. The Kier molecular flexibility index (Phi) is 4.42. The van der Waals surface area contributed by atoms with Crippen molar-refractivity contribution in [1.29, 1.82) is 0 Å². The maximum absolute atomic E-state index is 10.6. The Morgan fingerprint density at radius 1 is 1.26 bits per heavy atom. The molecule has 0 radical (unpaired) electrons. The minimum Gasteiger partial charge on any atom is -0.493 e. The van der Waals surface area contributed by atoms with Crippen molar-refractivity contribution < 1.29 is 14.3 Å². The molecule has 0 spiro atoms. The van der Waals surface area contributed by atoms with Gasteiger partial charge in [-0.25, -0.2) is 9.79 Å². The van der Waals surface area contributed by atoms with E-state index in [0.717, 1.165) is 43.7 Å². The summed E-state index contributed by atoms with van der Waals surface area (Å²) in [5, 5.41) is 0. The first kappa shape index (κ1) is 16.0. The lowest BCUT2D eigenvalue weighted by Crippen LogP contribution is -2.47. The normalized spacial score (nSPS) is 30.4. The van der Waals surface area contributed by atoms with Gasteiger partial charge in [-0.15, -0.1) is 0 Å². The molecule has 124 valence electrons. The highest BCUT2D eigenvalue weighted by atomic mass is 16.5. The lowest BCUT2D eigenvalue weighted by atomic mass is 9.65. The summed E-state index contributed by atoms with van der Waals surface area (Å²) in [5.41, 5.74) is 1.42. The molecule has 0 amide bonds. The van der Waals surface area contributed by atoms with Gasteiger partial charge in [-0.05, 0) is 57.0 Å². The van der Waals surface area contributed by atoms with Gasteiger partial charge in [0.15, 0.2) is 11.5 Å². The summed E-state index contributed by atoms with van der Waals surface area (Å²) >= 11 is 0. The Bertz CT molecular complexity index is 627. The first-order valence-corrected chi connectivity index (χ1v) is 8.14. The van der Waals surface area contributed by atoms with Crippen LogP contribution in [0.2, 0.25) is 0 Å². The maximum atomic E-state index is 10.6. The van der Waals surface area contributed by atoms with Crippen LogP contribution < -0.4 is 9.47 Å². The Hall–Kier alpha value is -1.84. The summed E-state index contributed by atoms with van der Waals surface area (Å²) in [6.45, 7) is 1.07. The third kappa shape index (κ3) is 2.64. The first-order chi connectivity index (χ1) is 11.1. The molecule has 23 heavy (non-hydrogen) atoms. The molecular formula is C18H24N2O3. The monoisotopic (exact) mass is 316 g/mol. The van der Waals surface area contributed by atoms with Gasteiger partial charge in [-0.2, -0.15) is 0 Å². The van der Waals surface area contributed by atoms with Crippen LogP contribution in [0.5, 0.6) is 11.5 Å². The summed E-state index contributed by atoms with van der Waals surface area (Å²) < 4.78 is 10.9. The second-order valence-electron chi connectivity index (χ2n) is 6.62. The van der Waals surface area contributed by atoms with Crippen LogP contribution in [0, 0.1) is 0 Å². The van der Waals surface area contributed by atoms with E-state index >= 15 is 0 Å². The standard InChI is InChI=1S/C18H24N2O3/c1-20-9-8-18(7-6-14(19-12-21)11-17(18)20)13-4-5-15(22-2)16(10-13)23-3/h4-5,10,14,17H,6-9,11H2,1-3H3. The predicted octanol–water partition coefficient (Wildman–Crippen LogP) is 2.53. The van der Waals surface area contributed by atoms with E-state index < -0.39 is 0 Å². The summed E-state index contributed by atoms with van der Waals surface area (Å²) in [5.74, 6) is 1.54. The van der Waals surface area contributed by atoms with Gasteiger partial charge in [-0.3, -0.25) is 0 Å². The molecule has 3 atom stereocenters. The highest BCUT2D eigenvalue weighted by Crippen LogP contribution is 2.50. The van der Waals surface area contributed by atoms with Crippen molar-refractivity contribution in [3.05, 3.63) is 23.8 Å². The molecule has 0 N–H and O–H groups in total. The Morgan fingerprint density at radius 3 is 2.74 bits per heavy atom. The van der Waals surface area contributed by atoms with E-state index in [1.54, 1.807) is 20.3 Å². The second kappa shape index (κ2) is 6.34. The van der Waals surface area contributed by atoms with E-state index in [-0.39, 0.29) is 11.5 Å². The summed E-state index contributed by atoms with van der Waals surface area (Å²) in [6, 6.07) is 6.78. The van der Waals surface area contributed by atoms with E-state index in [4.69, 9.17) is 9.47 Å². The third-order valence-electron chi connectivity index (χ3n) is 5.69. The molecule has 5 nitrogen and oxygen atoms in total. The number of isocyanates is 1. The largest absolute Gasteiger partial charge is 0.493 e. The molecule has 1 saturated heterocycles. The van der Waals surface area contributed by atoms with Gasteiger partial charge < -0.3 is 14.4 Å². The number of rotatable bonds is 4. The number of aliphatic imine (C=N–C) groups is 1. The molecule has 1 aromatic rings. The SMILES string of the molecule is COc1ccc(C23CCC(N=C=O)CC2N(C)CC3)cc1OC. The Balaban J connectivity index is 1.98. The molecule has 5 heteroatoms. The number of methoxy groups -OCH3 is 2. The van der Waals surface area contributed by atoms with Gasteiger partial charge in [0.05, 0.1) is 20.3 Å². The number of benzene rings is 1. The molecule has 2 fully saturated rings. The van der Waals surface area contributed by atoms with E-state index in [2.05, 4.69) is 29.1 Å². The van der Waals surface area contributed by atoms with Crippen LogP contribution in [0.25, 0.3) is 0 Å². The van der Waals surface area contributed by atoms with Gasteiger partial charge in [0.25, 0.3) is 0 Å². The highest BCUT2D eigenvalue weighted by Gasteiger charge is 2.50. The highest BCUT2D eigenvalue weighted by molar-refractivity contribution is 5.46. The zero-order valence-electron chi connectivity index (χ0n) is 14.0. The molecule has 0 bridgehead atoms. The van der Waals surface area contributed by atoms with Crippen LogP contribution in [-0.4, -0.2) is 50.9 Å². The molecule has 1 aliphatic heterocycles. The van der Waals surface area contributed by atoms with Gasteiger partial charge in [0.1, 0.15) is 0 Å². The van der Waals surface area contributed by atoms with Gasteiger partial charge in [0, 0.05) is 11.5 Å². The van der Waals surface area contributed by atoms with Crippen LogP contribution in [0.3, 0.4) is 0 Å². The van der Waals surface area contributed by atoms with Crippen LogP contribution in [0.4, 0.5) is 0 Å². The lowest BCUT2D eigenvalue weighted by Gasteiger charge is -2.43. The minimum absolute atomic E-state index is 0.103. The number of hydrogen-bond donors (Lipinski definition) is 0. The smallest absolute Gasteiger partial charge is 0.235 e. The van der Waals surface area contributed by atoms with Crippen LogP contribution >= 0.6 is 0 Å². The van der Waals surface area contributed by atoms with Crippen molar-refractivity contribution in [1.82, 2.24) is 4.90 Å². The van der Waals surface area contributed by atoms with Gasteiger partial charge >= 0.3 is 0 Å². The van der Waals surface area contributed by atoms with Crippen molar-refractivity contribution in [3.63, 3.8) is 0 Å².